The Morgan fingerprint density at radius 2 is 2.07 bits per heavy atom. The molecule has 0 spiro atoms. The number of benzene rings is 1. The van der Waals surface area contributed by atoms with E-state index in [1.807, 2.05) is 30.3 Å². The zero-order valence-corrected chi connectivity index (χ0v) is 7.90. The lowest BCUT2D eigenvalue weighted by molar-refractivity contribution is -0.145. The molecule has 14 heavy (non-hydrogen) atoms. The lowest BCUT2D eigenvalue weighted by Crippen LogP contribution is -2.22. The van der Waals surface area contributed by atoms with Crippen molar-refractivity contribution in [1.29, 1.82) is 0 Å². The van der Waals surface area contributed by atoms with Gasteiger partial charge in [0.1, 0.15) is 0 Å². The van der Waals surface area contributed by atoms with E-state index in [9.17, 15) is 4.79 Å². The van der Waals surface area contributed by atoms with Crippen molar-refractivity contribution in [3.05, 3.63) is 48.6 Å². The van der Waals surface area contributed by atoms with E-state index in [1.54, 1.807) is 6.08 Å². The van der Waals surface area contributed by atoms with Gasteiger partial charge in [0.05, 0.1) is 6.42 Å². The number of carbonyl (C=O) groups excluding carboxylic acids is 1. The first kappa shape index (κ1) is 9.00. The average Bonchev–Trinajstić information content (AvgIpc) is 2.63. The molecule has 0 saturated carbocycles. The van der Waals surface area contributed by atoms with Gasteiger partial charge in [0.2, 0.25) is 0 Å². The van der Waals surface area contributed by atoms with Crippen molar-refractivity contribution < 1.29 is 9.53 Å². The summed E-state index contributed by atoms with van der Waals surface area (Å²) in [6.45, 7) is 3.75. The summed E-state index contributed by atoms with van der Waals surface area (Å²) in [5, 5.41) is 0. The second-order valence-corrected chi connectivity index (χ2v) is 3.43. The van der Waals surface area contributed by atoms with Gasteiger partial charge < -0.3 is 4.74 Å². The molecule has 1 saturated heterocycles. The first-order chi connectivity index (χ1) is 6.77. The van der Waals surface area contributed by atoms with Crippen LogP contribution in [0.25, 0.3) is 0 Å². The van der Waals surface area contributed by atoms with Gasteiger partial charge >= 0.3 is 5.97 Å². The monoisotopic (exact) mass is 188 g/mol. The maximum Gasteiger partial charge on any atom is 0.307 e. The van der Waals surface area contributed by atoms with Crippen LogP contribution in [0.3, 0.4) is 0 Å². The Kier molecular flexibility index (Phi) is 2.12. The Morgan fingerprint density at radius 3 is 2.57 bits per heavy atom. The molecule has 0 aliphatic carbocycles. The van der Waals surface area contributed by atoms with Crippen LogP contribution in [-0.4, -0.2) is 5.97 Å². The summed E-state index contributed by atoms with van der Waals surface area (Å²) in [5.74, 6) is -0.145. The van der Waals surface area contributed by atoms with Gasteiger partial charge in [-0.25, -0.2) is 0 Å². The Bertz CT molecular complexity index is 356. The maximum atomic E-state index is 11.1. The van der Waals surface area contributed by atoms with E-state index in [-0.39, 0.29) is 5.97 Å². The molecular weight excluding hydrogens is 176 g/mol. The number of hydrogen-bond acceptors (Lipinski definition) is 2. The third-order valence-corrected chi connectivity index (χ3v) is 2.59. The van der Waals surface area contributed by atoms with Crippen LogP contribution < -0.4 is 0 Å². The van der Waals surface area contributed by atoms with Crippen LogP contribution in [0, 0.1) is 0 Å². The molecule has 1 unspecified atom stereocenters. The topological polar surface area (TPSA) is 26.3 Å². The van der Waals surface area contributed by atoms with Gasteiger partial charge in [0, 0.05) is 6.42 Å². The van der Waals surface area contributed by atoms with E-state index < -0.39 is 5.60 Å². The van der Waals surface area contributed by atoms with E-state index in [4.69, 9.17) is 4.74 Å². The molecule has 2 rings (SSSR count). The molecule has 1 fully saturated rings. The van der Waals surface area contributed by atoms with Crippen LogP contribution in [-0.2, 0) is 15.1 Å². The summed E-state index contributed by atoms with van der Waals surface area (Å²) < 4.78 is 5.33. The molecule has 1 aromatic carbocycles. The molecule has 0 N–H and O–H groups in total. The summed E-state index contributed by atoms with van der Waals surface area (Å²) in [5.41, 5.74) is 0.416. The second-order valence-electron chi connectivity index (χ2n) is 3.43. The average molecular weight is 188 g/mol. The van der Waals surface area contributed by atoms with Crippen molar-refractivity contribution in [3.8, 4) is 0 Å². The summed E-state index contributed by atoms with van der Waals surface area (Å²) in [7, 11) is 0. The predicted octanol–water partition coefficient (Wildman–Crippen LogP) is 2.40. The van der Waals surface area contributed by atoms with Gasteiger partial charge in [0.25, 0.3) is 0 Å². The Morgan fingerprint density at radius 1 is 1.36 bits per heavy atom. The molecule has 1 aromatic rings. The number of cyclic esters (lactones) is 1. The smallest absolute Gasteiger partial charge is 0.307 e. The van der Waals surface area contributed by atoms with Crippen molar-refractivity contribution in [2.75, 3.05) is 0 Å². The first-order valence-electron chi connectivity index (χ1n) is 4.68. The van der Waals surface area contributed by atoms with E-state index in [0.717, 1.165) is 5.56 Å². The molecule has 2 nitrogen and oxygen atoms in total. The number of esters is 1. The number of hydrogen-bond donors (Lipinski definition) is 0. The second kappa shape index (κ2) is 3.29. The zero-order valence-electron chi connectivity index (χ0n) is 7.90. The van der Waals surface area contributed by atoms with E-state index in [2.05, 4.69) is 6.58 Å². The molecule has 1 aliphatic rings. The largest absolute Gasteiger partial charge is 0.450 e. The van der Waals surface area contributed by atoms with Gasteiger partial charge in [0.15, 0.2) is 5.60 Å². The van der Waals surface area contributed by atoms with Crippen LogP contribution in [0.5, 0.6) is 0 Å². The minimum absolute atomic E-state index is 0.145. The highest BCUT2D eigenvalue weighted by atomic mass is 16.6. The Labute approximate surface area is 83.2 Å². The first-order valence-corrected chi connectivity index (χ1v) is 4.68. The summed E-state index contributed by atoms with van der Waals surface area (Å²) in [4.78, 5) is 11.1. The number of ether oxygens (including phenoxy) is 1. The van der Waals surface area contributed by atoms with Crippen molar-refractivity contribution in [2.45, 2.75) is 18.4 Å². The maximum absolute atomic E-state index is 11.1. The number of rotatable bonds is 2. The highest BCUT2D eigenvalue weighted by Crippen LogP contribution is 2.37. The molecule has 1 aliphatic heterocycles. The van der Waals surface area contributed by atoms with Crippen molar-refractivity contribution in [2.24, 2.45) is 0 Å². The minimum Gasteiger partial charge on any atom is -0.450 e. The lowest BCUT2D eigenvalue weighted by atomic mass is 9.91. The molecule has 72 valence electrons. The van der Waals surface area contributed by atoms with Crippen LogP contribution in [0.2, 0.25) is 0 Å². The van der Waals surface area contributed by atoms with Crippen molar-refractivity contribution >= 4 is 5.97 Å². The minimum atomic E-state index is -0.585. The van der Waals surface area contributed by atoms with Gasteiger partial charge in [-0.1, -0.05) is 36.9 Å². The van der Waals surface area contributed by atoms with Gasteiger partial charge in [-0.3, -0.25) is 4.79 Å². The van der Waals surface area contributed by atoms with E-state index >= 15 is 0 Å². The molecule has 0 aromatic heterocycles. The fraction of sp³-hybridized carbons (Fsp3) is 0.250. The van der Waals surface area contributed by atoms with Crippen molar-refractivity contribution in [1.82, 2.24) is 0 Å². The molecule has 0 bridgehead atoms. The molecule has 2 heteroatoms. The van der Waals surface area contributed by atoms with Gasteiger partial charge in [-0.15, -0.1) is 0 Å². The number of carbonyl (C=O) groups is 1. The fourth-order valence-corrected chi connectivity index (χ4v) is 1.78. The SMILES string of the molecule is C=CC1(c2ccccc2)CCC(=O)O1. The summed E-state index contributed by atoms with van der Waals surface area (Å²) in [6, 6.07) is 9.73. The van der Waals surface area contributed by atoms with Gasteiger partial charge in [-0.05, 0) is 11.6 Å². The third kappa shape index (κ3) is 1.33. The van der Waals surface area contributed by atoms with Crippen LogP contribution in [0.4, 0.5) is 0 Å². The molecule has 0 amide bonds. The normalized spacial score (nSPS) is 25.9. The van der Waals surface area contributed by atoms with E-state index in [0.29, 0.717) is 12.8 Å². The predicted molar refractivity (Wildman–Crippen MR) is 53.6 cm³/mol. The van der Waals surface area contributed by atoms with Crippen LogP contribution >= 0.6 is 0 Å². The molecule has 1 atom stereocenters. The van der Waals surface area contributed by atoms with Gasteiger partial charge in [-0.2, -0.15) is 0 Å². The summed E-state index contributed by atoms with van der Waals surface area (Å²) in [6.07, 6.45) is 2.88. The highest BCUT2D eigenvalue weighted by molar-refractivity contribution is 5.73. The van der Waals surface area contributed by atoms with Crippen molar-refractivity contribution in [3.63, 3.8) is 0 Å². The zero-order chi connectivity index (χ0) is 10.0. The molecular formula is C12H12O2. The Balaban J connectivity index is 2.39. The quantitative estimate of drug-likeness (QED) is 0.526. The lowest BCUT2D eigenvalue weighted by Gasteiger charge is -2.23. The van der Waals surface area contributed by atoms with Crippen LogP contribution in [0.15, 0.2) is 43.0 Å². The van der Waals surface area contributed by atoms with Crippen LogP contribution in [0.1, 0.15) is 18.4 Å². The summed E-state index contributed by atoms with van der Waals surface area (Å²) >= 11 is 0. The van der Waals surface area contributed by atoms with E-state index in [1.165, 1.54) is 0 Å². The Hall–Kier alpha value is -1.57. The highest BCUT2D eigenvalue weighted by Gasteiger charge is 2.38. The fourth-order valence-electron chi connectivity index (χ4n) is 1.78. The third-order valence-electron chi connectivity index (χ3n) is 2.59. The molecule has 0 radical (unpaired) electrons. The standard InChI is InChI=1S/C12H12O2/c1-2-12(9-8-11(13)14-12)10-6-4-3-5-7-10/h2-7H,1,8-9H2. The molecule has 1 heterocycles.